The van der Waals surface area contributed by atoms with E-state index in [0.29, 0.717) is 0 Å². The summed E-state index contributed by atoms with van der Waals surface area (Å²) in [6.45, 7) is 0.238. The molecule has 0 radical (unpaired) electrons. The number of thiophene rings is 1. The van der Waals surface area contributed by atoms with Crippen LogP contribution in [0.1, 0.15) is 0 Å². The van der Waals surface area contributed by atoms with Crippen molar-refractivity contribution in [1.82, 2.24) is 9.97 Å². The van der Waals surface area contributed by atoms with Crippen molar-refractivity contribution >= 4 is 33.1 Å². The van der Waals surface area contributed by atoms with E-state index in [0.717, 1.165) is 43.7 Å². The average molecular weight is 379 g/mol. The van der Waals surface area contributed by atoms with Crippen LogP contribution in [0.2, 0.25) is 0 Å². The van der Waals surface area contributed by atoms with Crippen molar-refractivity contribution in [2.45, 2.75) is 0 Å². The molecule has 5 nitrogen and oxygen atoms in total. The summed E-state index contributed by atoms with van der Waals surface area (Å²) in [5.74, 6) is 1.99. The van der Waals surface area contributed by atoms with Gasteiger partial charge in [-0.15, -0.1) is 11.3 Å². The molecule has 0 fully saturated rings. The highest BCUT2D eigenvalue weighted by Crippen LogP contribution is 2.41. The Hall–Kier alpha value is -3.19. The van der Waals surface area contributed by atoms with E-state index < -0.39 is 0 Å². The first kappa shape index (κ1) is 16.0. The topological polar surface area (TPSA) is 47.5 Å². The molecule has 0 bridgehead atoms. The van der Waals surface area contributed by atoms with Gasteiger partial charge in [0.25, 0.3) is 0 Å². The van der Waals surface area contributed by atoms with Crippen LogP contribution >= 0.6 is 11.3 Å². The third kappa shape index (κ3) is 2.76. The van der Waals surface area contributed by atoms with E-state index in [1.54, 1.807) is 23.7 Å². The molecule has 1 aliphatic heterocycles. The lowest BCUT2D eigenvalue weighted by Gasteiger charge is -2.19. The zero-order valence-corrected chi connectivity index (χ0v) is 15.2. The number of hydrogen-bond donors (Lipinski definition) is 0. The number of ether oxygens (including phenoxy) is 2. The van der Waals surface area contributed by atoms with Crippen molar-refractivity contribution in [1.29, 1.82) is 0 Å². The number of halogens is 1. The summed E-state index contributed by atoms with van der Waals surface area (Å²) in [6, 6.07) is 14.3. The number of fused-ring (bicyclic) bond motifs is 2. The van der Waals surface area contributed by atoms with Crippen molar-refractivity contribution in [3.05, 3.63) is 60.7 Å². The summed E-state index contributed by atoms with van der Waals surface area (Å²) in [6.07, 6.45) is 1.54. The van der Waals surface area contributed by atoms with E-state index in [1.165, 1.54) is 12.1 Å². The van der Waals surface area contributed by atoms with E-state index in [1.807, 2.05) is 42.3 Å². The SMILES string of the molecule is CN(c1ccc2c(c1)OCO2)c1ncnc2cc(-c3cccc(F)c3)sc12. The lowest BCUT2D eigenvalue weighted by molar-refractivity contribution is 0.174. The molecule has 0 amide bonds. The lowest BCUT2D eigenvalue weighted by atomic mass is 10.2. The van der Waals surface area contributed by atoms with Crippen molar-refractivity contribution in [3.8, 4) is 21.9 Å². The van der Waals surface area contributed by atoms with Gasteiger partial charge >= 0.3 is 0 Å². The summed E-state index contributed by atoms with van der Waals surface area (Å²) >= 11 is 1.54. The monoisotopic (exact) mass is 379 g/mol. The van der Waals surface area contributed by atoms with Crippen molar-refractivity contribution in [2.24, 2.45) is 0 Å². The maximum absolute atomic E-state index is 13.6. The van der Waals surface area contributed by atoms with Crippen LogP contribution in [0.3, 0.4) is 0 Å². The largest absolute Gasteiger partial charge is 0.454 e. The van der Waals surface area contributed by atoms with Gasteiger partial charge in [0.2, 0.25) is 6.79 Å². The number of benzene rings is 2. The maximum Gasteiger partial charge on any atom is 0.231 e. The molecule has 0 unspecified atom stereocenters. The highest BCUT2D eigenvalue weighted by Gasteiger charge is 2.18. The molecule has 4 aromatic rings. The Kier molecular flexibility index (Phi) is 3.68. The van der Waals surface area contributed by atoms with E-state index in [-0.39, 0.29) is 12.6 Å². The van der Waals surface area contributed by atoms with Gasteiger partial charge in [-0.3, -0.25) is 0 Å². The van der Waals surface area contributed by atoms with Gasteiger partial charge in [0.05, 0.1) is 10.2 Å². The summed E-state index contributed by atoms with van der Waals surface area (Å²) < 4.78 is 25.4. The smallest absolute Gasteiger partial charge is 0.231 e. The van der Waals surface area contributed by atoms with Gasteiger partial charge in [0.15, 0.2) is 17.3 Å². The molecule has 0 N–H and O–H groups in total. The van der Waals surface area contributed by atoms with Crippen molar-refractivity contribution in [2.75, 3.05) is 18.7 Å². The summed E-state index contributed by atoms with van der Waals surface area (Å²) in [5.41, 5.74) is 2.59. The molecule has 1 aliphatic rings. The van der Waals surface area contributed by atoms with Crippen LogP contribution in [-0.4, -0.2) is 23.8 Å². The van der Waals surface area contributed by atoms with Crippen LogP contribution in [0.4, 0.5) is 15.9 Å². The van der Waals surface area contributed by atoms with Crippen LogP contribution in [0.5, 0.6) is 11.5 Å². The number of rotatable bonds is 3. The van der Waals surface area contributed by atoms with Gasteiger partial charge in [-0.2, -0.15) is 0 Å². The lowest BCUT2D eigenvalue weighted by Crippen LogP contribution is -2.11. The van der Waals surface area contributed by atoms with E-state index >= 15 is 0 Å². The Labute approximate surface area is 158 Å². The van der Waals surface area contributed by atoms with E-state index in [4.69, 9.17) is 9.47 Å². The molecule has 27 heavy (non-hydrogen) atoms. The minimum atomic E-state index is -0.256. The first-order valence-electron chi connectivity index (χ1n) is 8.33. The van der Waals surface area contributed by atoms with Crippen molar-refractivity contribution < 1.29 is 13.9 Å². The standard InChI is InChI=1S/C20H14FN3O2S/c1-24(14-5-6-16-17(8-14)26-11-25-16)20-19-15(22-10-23-20)9-18(27-19)12-3-2-4-13(21)7-12/h2-10H,11H2,1H3. The third-order valence-corrected chi connectivity index (χ3v) is 5.63. The van der Waals surface area contributed by atoms with E-state index in [9.17, 15) is 4.39 Å². The van der Waals surface area contributed by atoms with Gasteiger partial charge in [-0.25, -0.2) is 14.4 Å². The van der Waals surface area contributed by atoms with Gasteiger partial charge < -0.3 is 14.4 Å². The highest BCUT2D eigenvalue weighted by atomic mass is 32.1. The third-order valence-electron chi connectivity index (χ3n) is 4.46. The normalized spacial score (nSPS) is 12.5. The fourth-order valence-corrected chi connectivity index (χ4v) is 4.21. The Morgan fingerprint density at radius 1 is 1.04 bits per heavy atom. The Bertz CT molecular complexity index is 1160. The molecular weight excluding hydrogens is 365 g/mol. The van der Waals surface area contributed by atoms with Crippen LogP contribution in [0, 0.1) is 5.82 Å². The number of aromatic nitrogens is 2. The molecule has 5 rings (SSSR count). The average Bonchev–Trinajstić information content (AvgIpc) is 3.33. The van der Waals surface area contributed by atoms with Gasteiger partial charge in [0.1, 0.15) is 12.1 Å². The maximum atomic E-state index is 13.6. The van der Waals surface area contributed by atoms with E-state index in [2.05, 4.69) is 9.97 Å². The number of anilines is 2. The molecule has 7 heteroatoms. The van der Waals surface area contributed by atoms with Crippen LogP contribution < -0.4 is 14.4 Å². The molecule has 0 atom stereocenters. The zero-order chi connectivity index (χ0) is 18.4. The van der Waals surface area contributed by atoms with Gasteiger partial charge in [0, 0.05) is 23.7 Å². The predicted octanol–water partition coefficient (Wildman–Crippen LogP) is 4.99. The Morgan fingerprint density at radius 2 is 1.93 bits per heavy atom. The fourth-order valence-electron chi connectivity index (χ4n) is 3.08. The zero-order valence-electron chi connectivity index (χ0n) is 14.3. The first-order chi connectivity index (χ1) is 13.2. The summed E-state index contributed by atoms with van der Waals surface area (Å²) in [5, 5.41) is 0. The predicted molar refractivity (Wildman–Crippen MR) is 103 cm³/mol. The molecule has 0 aliphatic carbocycles. The quantitative estimate of drug-likeness (QED) is 0.502. The molecular formula is C20H14FN3O2S. The Morgan fingerprint density at radius 3 is 2.81 bits per heavy atom. The van der Waals surface area contributed by atoms with Crippen LogP contribution in [0.15, 0.2) is 54.9 Å². The van der Waals surface area contributed by atoms with Gasteiger partial charge in [-0.1, -0.05) is 12.1 Å². The molecule has 0 spiro atoms. The fraction of sp³-hybridized carbons (Fsp3) is 0.100. The minimum absolute atomic E-state index is 0.238. The highest BCUT2D eigenvalue weighted by molar-refractivity contribution is 7.22. The Balaban J connectivity index is 1.59. The minimum Gasteiger partial charge on any atom is -0.454 e. The molecule has 3 heterocycles. The molecule has 2 aromatic carbocycles. The van der Waals surface area contributed by atoms with Crippen LogP contribution in [0.25, 0.3) is 20.7 Å². The summed E-state index contributed by atoms with van der Waals surface area (Å²) in [4.78, 5) is 11.8. The second-order valence-electron chi connectivity index (χ2n) is 6.13. The molecule has 2 aromatic heterocycles. The number of hydrogen-bond acceptors (Lipinski definition) is 6. The first-order valence-corrected chi connectivity index (χ1v) is 9.14. The summed E-state index contributed by atoms with van der Waals surface area (Å²) in [7, 11) is 1.95. The molecule has 0 saturated carbocycles. The number of nitrogens with zero attached hydrogens (tertiary/aromatic N) is 3. The second kappa shape index (κ2) is 6.21. The molecule has 0 saturated heterocycles. The second-order valence-corrected chi connectivity index (χ2v) is 7.18. The van der Waals surface area contributed by atoms with Crippen LogP contribution in [-0.2, 0) is 0 Å². The van der Waals surface area contributed by atoms with Crippen molar-refractivity contribution in [3.63, 3.8) is 0 Å². The van der Waals surface area contributed by atoms with Gasteiger partial charge in [-0.05, 0) is 35.9 Å². The molecule has 134 valence electrons.